The number of oxime groups is 1. The van der Waals surface area contributed by atoms with Crippen molar-refractivity contribution in [2.75, 3.05) is 0 Å². The molecule has 1 unspecified atom stereocenters. The van der Waals surface area contributed by atoms with E-state index in [1.54, 1.807) is 18.2 Å². The monoisotopic (exact) mass is 305 g/mol. The Bertz CT molecular complexity index is 471. The van der Waals surface area contributed by atoms with Crippen LogP contribution in [0.3, 0.4) is 0 Å². The Labute approximate surface area is 119 Å². The second kappa shape index (κ2) is 5.29. The van der Waals surface area contributed by atoms with Crippen LogP contribution in [0.4, 0.5) is 0 Å². The summed E-state index contributed by atoms with van der Waals surface area (Å²) in [5, 5.41) is 5.47. The SMILES string of the molecule is CC1(C)CC([S+]([O-])Cc2c(Cl)cccc2Cl)=NO1. The van der Waals surface area contributed by atoms with Crippen molar-refractivity contribution in [3.05, 3.63) is 33.8 Å². The molecule has 0 spiro atoms. The molecule has 0 saturated heterocycles. The maximum absolute atomic E-state index is 12.2. The summed E-state index contributed by atoms with van der Waals surface area (Å²) in [7, 11) is 0. The Morgan fingerprint density at radius 2 is 2.00 bits per heavy atom. The number of nitrogens with zero attached hydrogens (tertiary/aromatic N) is 1. The summed E-state index contributed by atoms with van der Waals surface area (Å²) in [6.45, 7) is 3.81. The molecular formula is C12H13Cl2NO2S. The third kappa shape index (κ3) is 3.12. The van der Waals surface area contributed by atoms with Crippen LogP contribution in [0, 0.1) is 0 Å². The molecule has 1 atom stereocenters. The third-order valence-corrected chi connectivity index (χ3v) is 4.58. The maximum atomic E-state index is 12.2. The summed E-state index contributed by atoms with van der Waals surface area (Å²) in [6.07, 6.45) is 0.557. The second-order valence-corrected chi connectivity index (χ2v) is 6.97. The van der Waals surface area contributed by atoms with Crippen molar-refractivity contribution >= 4 is 39.4 Å². The zero-order chi connectivity index (χ0) is 13.3. The van der Waals surface area contributed by atoms with Gasteiger partial charge in [-0.05, 0) is 31.1 Å². The highest BCUT2D eigenvalue weighted by Gasteiger charge is 2.36. The Kier molecular flexibility index (Phi) is 4.11. The van der Waals surface area contributed by atoms with E-state index in [-0.39, 0.29) is 11.4 Å². The molecule has 98 valence electrons. The highest BCUT2D eigenvalue weighted by atomic mass is 35.5. The van der Waals surface area contributed by atoms with Gasteiger partial charge in [0.05, 0.1) is 6.42 Å². The van der Waals surface area contributed by atoms with Gasteiger partial charge in [0, 0.05) is 26.8 Å². The summed E-state index contributed by atoms with van der Waals surface area (Å²) in [5.41, 5.74) is 0.307. The van der Waals surface area contributed by atoms with Crippen molar-refractivity contribution in [3.63, 3.8) is 0 Å². The topological polar surface area (TPSA) is 44.7 Å². The van der Waals surface area contributed by atoms with E-state index in [2.05, 4.69) is 5.16 Å². The van der Waals surface area contributed by atoms with Crippen molar-refractivity contribution < 1.29 is 9.39 Å². The first kappa shape index (κ1) is 14.0. The van der Waals surface area contributed by atoms with Gasteiger partial charge >= 0.3 is 0 Å². The zero-order valence-corrected chi connectivity index (χ0v) is 12.4. The molecule has 3 nitrogen and oxygen atoms in total. The lowest BCUT2D eigenvalue weighted by atomic mass is 10.1. The molecule has 0 fully saturated rings. The molecule has 18 heavy (non-hydrogen) atoms. The van der Waals surface area contributed by atoms with Crippen LogP contribution in [0.5, 0.6) is 0 Å². The van der Waals surface area contributed by atoms with Gasteiger partial charge in [-0.1, -0.05) is 29.3 Å². The van der Waals surface area contributed by atoms with Crippen LogP contribution in [-0.2, 0) is 21.8 Å². The van der Waals surface area contributed by atoms with Gasteiger partial charge in [0.2, 0.25) is 0 Å². The lowest BCUT2D eigenvalue weighted by Crippen LogP contribution is -2.23. The maximum Gasteiger partial charge on any atom is 0.259 e. The average molecular weight is 306 g/mol. The largest absolute Gasteiger partial charge is 0.610 e. The van der Waals surface area contributed by atoms with Gasteiger partial charge < -0.3 is 9.39 Å². The van der Waals surface area contributed by atoms with Crippen molar-refractivity contribution in [3.8, 4) is 0 Å². The standard InChI is InChI=1S/C12H13Cl2NO2S/c1-12(2)6-11(15-17-12)18(16)7-8-9(13)4-3-5-10(8)14/h3-5H,6-7H2,1-2H3. The summed E-state index contributed by atoms with van der Waals surface area (Å²) in [5.74, 6) is 0.261. The molecule has 0 saturated carbocycles. The Balaban J connectivity index is 2.11. The molecule has 0 aliphatic carbocycles. The van der Waals surface area contributed by atoms with E-state index in [0.29, 0.717) is 27.1 Å². The van der Waals surface area contributed by atoms with Gasteiger partial charge in [-0.25, -0.2) is 0 Å². The van der Waals surface area contributed by atoms with Gasteiger partial charge in [0.15, 0.2) is 0 Å². The number of halogens is 2. The van der Waals surface area contributed by atoms with Crippen molar-refractivity contribution in [2.24, 2.45) is 5.16 Å². The van der Waals surface area contributed by atoms with Gasteiger partial charge in [-0.15, -0.1) is 0 Å². The summed E-state index contributed by atoms with van der Waals surface area (Å²) in [6, 6.07) is 5.23. The lowest BCUT2D eigenvalue weighted by molar-refractivity contribution is 0.0123. The number of hydrogen-bond acceptors (Lipinski definition) is 3. The first-order valence-electron chi connectivity index (χ1n) is 5.45. The van der Waals surface area contributed by atoms with Gasteiger partial charge in [-0.3, -0.25) is 0 Å². The minimum absolute atomic E-state index is 0.261. The molecule has 0 bridgehead atoms. The van der Waals surface area contributed by atoms with Gasteiger partial charge in [0.25, 0.3) is 5.04 Å². The van der Waals surface area contributed by atoms with E-state index < -0.39 is 11.2 Å². The average Bonchev–Trinajstić information content (AvgIpc) is 2.64. The van der Waals surface area contributed by atoms with E-state index in [0.717, 1.165) is 0 Å². The van der Waals surface area contributed by atoms with Crippen LogP contribution >= 0.6 is 23.2 Å². The molecule has 2 rings (SSSR count). The van der Waals surface area contributed by atoms with E-state index in [1.165, 1.54) is 0 Å². The summed E-state index contributed by atoms with van der Waals surface area (Å²) in [4.78, 5) is 5.20. The molecule has 6 heteroatoms. The molecule has 0 aromatic heterocycles. The van der Waals surface area contributed by atoms with Crippen molar-refractivity contribution in [1.29, 1.82) is 0 Å². The fraction of sp³-hybridized carbons (Fsp3) is 0.417. The normalized spacial score (nSPS) is 19.3. The van der Waals surface area contributed by atoms with E-state index in [9.17, 15) is 4.55 Å². The van der Waals surface area contributed by atoms with E-state index in [1.807, 2.05) is 13.8 Å². The predicted molar refractivity (Wildman–Crippen MR) is 75.5 cm³/mol. The molecule has 1 aliphatic rings. The van der Waals surface area contributed by atoms with Crippen LogP contribution < -0.4 is 0 Å². The molecule has 1 aliphatic heterocycles. The Hall–Kier alpha value is -0.420. The van der Waals surface area contributed by atoms with Crippen LogP contribution in [0.1, 0.15) is 25.8 Å². The summed E-state index contributed by atoms with van der Waals surface area (Å²) < 4.78 is 12.2. The van der Waals surface area contributed by atoms with Crippen molar-refractivity contribution in [1.82, 2.24) is 0 Å². The minimum Gasteiger partial charge on any atom is -0.610 e. The van der Waals surface area contributed by atoms with E-state index >= 15 is 0 Å². The molecule has 0 radical (unpaired) electrons. The Morgan fingerprint density at radius 3 is 2.50 bits per heavy atom. The van der Waals surface area contributed by atoms with Crippen LogP contribution in [-0.4, -0.2) is 15.2 Å². The van der Waals surface area contributed by atoms with Crippen LogP contribution in [0.15, 0.2) is 23.4 Å². The van der Waals surface area contributed by atoms with Crippen molar-refractivity contribution in [2.45, 2.75) is 31.6 Å². The van der Waals surface area contributed by atoms with E-state index in [4.69, 9.17) is 28.0 Å². The molecule has 1 aromatic carbocycles. The molecule has 0 N–H and O–H groups in total. The predicted octanol–water partition coefficient (Wildman–Crippen LogP) is 3.75. The fourth-order valence-corrected chi connectivity index (χ4v) is 3.67. The number of rotatable bonds is 2. The lowest BCUT2D eigenvalue weighted by Gasteiger charge is -2.14. The number of benzene rings is 1. The molecule has 1 aromatic rings. The zero-order valence-electron chi connectivity index (χ0n) is 10.1. The minimum atomic E-state index is -1.26. The van der Waals surface area contributed by atoms with Crippen LogP contribution in [0.2, 0.25) is 10.0 Å². The third-order valence-electron chi connectivity index (χ3n) is 2.57. The smallest absolute Gasteiger partial charge is 0.259 e. The first-order chi connectivity index (χ1) is 8.39. The highest BCUT2D eigenvalue weighted by Crippen LogP contribution is 2.30. The van der Waals surface area contributed by atoms with Crippen LogP contribution in [0.25, 0.3) is 0 Å². The first-order valence-corrected chi connectivity index (χ1v) is 7.53. The summed E-state index contributed by atoms with van der Waals surface area (Å²) >= 11 is 10.8. The Morgan fingerprint density at radius 1 is 1.39 bits per heavy atom. The van der Waals surface area contributed by atoms with Gasteiger partial charge in [0.1, 0.15) is 11.4 Å². The number of hydrogen-bond donors (Lipinski definition) is 0. The fourth-order valence-electron chi connectivity index (χ4n) is 1.61. The van der Waals surface area contributed by atoms with Gasteiger partial charge in [-0.2, -0.15) is 0 Å². The molecular weight excluding hydrogens is 293 g/mol. The quantitative estimate of drug-likeness (QED) is 0.781. The molecule has 1 heterocycles. The molecule has 0 amide bonds. The second-order valence-electron chi connectivity index (χ2n) is 4.70. The highest BCUT2D eigenvalue weighted by molar-refractivity contribution is 8.05.